The van der Waals surface area contributed by atoms with E-state index in [1.165, 1.54) is 4.68 Å². The molecule has 0 fully saturated rings. The molecule has 0 amide bonds. The topological polar surface area (TPSA) is 80.9 Å². The predicted octanol–water partition coefficient (Wildman–Crippen LogP) is 1.12. The van der Waals surface area contributed by atoms with Gasteiger partial charge in [0.1, 0.15) is 5.82 Å². The third-order valence-electron chi connectivity index (χ3n) is 2.31. The minimum Gasteiger partial charge on any atom is -0.481 e. The van der Waals surface area contributed by atoms with Crippen LogP contribution in [0.15, 0.2) is 0 Å². The number of nitrogens with zero attached hydrogens (tertiary/aromatic N) is 4. The van der Waals surface area contributed by atoms with Crippen molar-refractivity contribution in [1.29, 1.82) is 0 Å². The van der Waals surface area contributed by atoms with Gasteiger partial charge in [0.2, 0.25) is 0 Å². The smallest absolute Gasteiger partial charge is 0.308 e. The Labute approximate surface area is 94.7 Å². The first kappa shape index (κ1) is 12.6. The van der Waals surface area contributed by atoms with Crippen molar-refractivity contribution in [3.05, 3.63) is 5.82 Å². The van der Waals surface area contributed by atoms with E-state index in [4.69, 9.17) is 5.11 Å². The Morgan fingerprint density at radius 3 is 2.50 bits per heavy atom. The molecule has 1 heterocycles. The molecule has 0 saturated heterocycles. The van der Waals surface area contributed by atoms with E-state index in [0.717, 1.165) is 0 Å². The molecule has 0 aliphatic carbocycles. The van der Waals surface area contributed by atoms with Crippen molar-refractivity contribution in [1.82, 2.24) is 20.2 Å². The molecule has 1 aromatic heterocycles. The number of carbonyl (C=O) groups is 1. The van der Waals surface area contributed by atoms with Crippen LogP contribution in [0.25, 0.3) is 0 Å². The fourth-order valence-electron chi connectivity index (χ4n) is 1.60. The maximum atomic E-state index is 11.1. The Hall–Kier alpha value is -1.46. The Balaban J connectivity index is 2.73. The van der Waals surface area contributed by atoms with Crippen molar-refractivity contribution < 1.29 is 9.90 Å². The van der Waals surface area contributed by atoms with E-state index in [1.54, 1.807) is 6.92 Å². The number of tetrazole rings is 1. The molecule has 0 aliphatic heterocycles. The summed E-state index contributed by atoms with van der Waals surface area (Å²) in [6.07, 6.45) is 0.599. The highest BCUT2D eigenvalue weighted by Crippen LogP contribution is 2.25. The molecule has 1 aromatic rings. The molecule has 6 heteroatoms. The fraction of sp³-hybridized carbons (Fsp3) is 0.800. The number of hydrogen-bond donors (Lipinski definition) is 1. The largest absolute Gasteiger partial charge is 0.481 e. The van der Waals surface area contributed by atoms with Gasteiger partial charge in [0.15, 0.2) is 0 Å². The minimum atomic E-state index is -0.801. The highest BCUT2D eigenvalue weighted by Gasteiger charge is 2.25. The molecule has 0 bridgehead atoms. The molecule has 0 aliphatic rings. The van der Waals surface area contributed by atoms with Crippen molar-refractivity contribution in [3.63, 3.8) is 0 Å². The quantitative estimate of drug-likeness (QED) is 0.832. The monoisotopic (exact) mass is 226 g/mol. The lowest BCUT2D eigenvalue weighted by Gasteiger charge is -2.23. The lowest BCUT2D eigenvalue weighted by molar-refractivity contribution is -0.143. The van der Waals surface area contributed by atoms with Gasteiger partial charge >= 0.3 is 5.97 Å². The molecule has 0 aromatic carbocycles. The van der Waals surface area contributed by atoms with Gasteiger partial charge in [-0.3, -0.25) is 4.79 Å². The van der Waals surface area contributed by atoms with Crippen molar-refractivity contribution >= 4 is 5.97 Å². The van der Waals surface area contributed by atoms with Gasteiger partial charge < -0.3 is 5.11 Å². The van der Waals surface area contributed by atoms with Gasteiger partial charge in [-0.05, 0) is 29.2 Å². The van der Waals surface area contributed by atoms with Gasteiger partial charge in [-0.15, -0.1) is 5.10 Å². The Morgan fingerprint density at radius 2 is 2.12 bits per heavy atom. The van der Waals surface area contributed by atoms with Crippen LogP contribution >= 0.6 is 0 Å². The molecule has 0 spiro atoms. The van der Waals surface area contributed by atoms with Crippen molar-refractivity contribution in [2.75, 3.05) is 0 Å². The van der Waals surface area contributed by atoms with E-state index in [1.807, 2.05) is 20.8 Å². The first-order valence-corrected chi connectivity index (χ1v) is 5.25. The number of carboxylic acids is 1. The van der Waals surface area contributed by atoms with Crippen molar-refractivity contribution in [3.8, 4) is 0 Å². The summed E-state index contributed by atoms with van der Waals surface area (Å²) in [5.41, 5.74) is -0.0228. The second kappa shape index (κ2) is 4.59. The summed E-state index contributed by atoms with van der Waals surface area (Å²) < 4.78 is 1.53. The van der Waals surface area contributed by atoms with Crippen LogP contribution in [-0.4, -0.2) is 31.3 Å². The van der Waals surface area contributed by atoms with Gasteiger partial charge in [-0.2, -0.15) is 0 Å². The van der Waals surface area contributed by atoms with Crippen LogP contribution in [0.5, 0.6) is 0 Å². The van der Waals surface area contributed by atoms with Crippen molar-refractivity contribution in [2.45, 2.75) is 40.7 Å². The van der Waals surface area contributed by atoms with E-state index in [2.05, 4.69) is 15.5 Å². The fourth-order valence-corrected chi connectivity index (χ4v) is 1.60. The van der Waals surface area contributed by atoms with Crippen LogP contribution in [0.3, 0.4) is 0 Å². The summed E-state index contributed by atoms with van der Waals surface area (Å²) in [5, 5.41) is 20.1. The molecular formula is C10H18N4O2. The molecule has 0 saturated carbocycles. The highest BCUT2D eigenvalue weighted by atomic mass is 16.4. The summed E-state index contributed by atoms with van der Waals surface area (Å²) in [5.74, 6) is -0.618. The lowest BCUT2D eigenvalue weighted by Crippen LogP contribution is -2.26. The molecule has 16 heavy (non-hydrogen) atoms. The van der Waals surface area contributed by atoms with Gasteiger partial charge in [-0.1, -0.05) is 20.8 Å². The lowest BCUT2D eigenvalue weighted by atomic mass is 9.84. The standard InChI is InChI=1S/C10H18N4O2/c1-7-11-12-13-14(7)6-8(9(15)16)5-10(2,3)4/h8H,5-6H2,1-4H3,(H,15,16). The molecule has 6 nitrogen and oxygen atoms in total. The number of aliphatic carboxylic acids is 1. The van der Waals surface area contributed by atoms with Gasteiger partial charge in [-0.25, -0.2) is 4.68 Å². The van der Waals surface area contributed by atoms with Gasteiger partial charge in [0.05, 0.1) is 12.5 Å². The SMILES string of the molecule is Cc1nnnn1CC(CC(C)(C)C)C(=O)O. The van der Waals surface area contributed by atoms with Crippen LogP contribution in [0.4, 0.5) is 0 Å². The Morgan fingerprint density at radius 1 is 1.50 bits per heavy atom. The summed E-state index contributed by atoms with van der Waals surface area (Å²) in [4.78, 5) is 11.1. The van der Waals surface area contributed by atoms with Crippen LogP contribution in [0, 0.1) is 18.3 Å². The average Bonchev–Trinajstić information content (AvgIpc) is 2.48. The molecule has 1 rings (SSSR count). The first-order chi connectivity index (χ1) is 7.29. The third kappa shape index (κ3) is 3.60. The number of carboxylic acid groups (broad SMARTS) is 1. The summed E-state index contributed by atoms with van der Waals surface area (Å²) in [6, 6.07) is 0. The average molecular weight is 226 g/mol. The van der Waals surface area contributed by atoms with Crippen LogP contribution in [-0.2, 0) is 11.3 Å². The number of rotatable bonds is 4. The van der Waals surface area contributed by atoms with Crippen molar-refractivity contribution in [2.24, 2.45) is 11.3 Å². The normalized spacial score (nSPS) is 13.8. The van der Waals surface area contributed by atoms with E-state index in [0.29, 0.717) is 18.8 Å². The molecule has 1 unspecified atom stereocenters. The summed E-state index contributed by atoms with van der Waals surface area (Å²) in [7, 11) is 0. The molecule has 0 radical (unpaired) electrons. The summed E-state index contributed by atoms with van der Waals surface area (Å²) in [6.45, 7) is 8.15. The van der Waals surface area contributed by atoms with E-state index < -0.39 is 11.9 Å². The van der Waals surface area contributed by atoms with Gasteiger partial charge in [0.25, 0.3) is 0 Å². The zero-order valence-electron chi connectivity index (χ0n) is 10.1. The Bertz CT molecular complexity index is 367. The minimum absolute atomic E-state index is 0.0228. The zero-order valence-corrected chi connectivity index (χ0v) is 10.1. The van der Waals surface area contributed by atoms with E-state index in [-0.39, 0.29) is 5.41 Å². The molecule has 1 N–H and O–H groups in total. The zero-order chi connectivity index (χ0) is 12.3. The third-order valence-corrected chi connectivity index (χ3v) is 2.31. The second-order valence-corrected chi connectivity index (χ2v) is 5.21. The molecule has 1 atom stereocenters. The number of aromatic nitrogens is 4. The first-order valence-electron chi connectivity index (χ1n) is 5.25. The van der Waals surface area contributed by atoms with E-state index in [9.17, 15) is 4.79 Å². The van der Waals surface area contributed by atoms with Crippen LogP contribution in [0.2, 0.25) is 0 Å². The molecular weight excluding hydrogens is 208 g/mol. The van der Waals surface area contributed by atoms with Gasteiger partial charge in [0, 0.05) is 0 Å². The molecule has 90 valence electrons. The van der Waals surface area contributed by atoms with Crippen LogP contribution in [0.1, 0.15) is 33.0 Å². The van der Waals surface area contributed by atoms with Crippen LogP contribution < -0.4 is 0 Å². The predicted molar refractivity (Wildman–Crippen MR) is 57.8 cm³/mol. The summed E-state index contributed by atoms with van der Waals surface area (Å²) >= 11 is 0. The number of hydrogen-bond acceptors (Lipinski definition) is 4. The maximum absolute atomic E-state index is 11.1. The second-order valence-electron chi connectivity index (χ2n) is 5.21. The number of aryl methyl sites for hydroxylation is 1. The Kier molecular flexibility index (Phi) is 3.62. The van der Waals surface area contributed by atoms with E-state index >= 15 is 0 Å². The highest BCUT2D eigenvalue weighted by molar-refractivity contribution is 5.69. The maximum Gasteiger partial charge on any atom is 0.308 e.